The molecule has 0 saturated heterocycles. The lowest BCUT2D eigenvalue weighted by Gasteiger charge is -2.28. The third-order valence-electron chi connectivity index (χ3n) is 3.37. The van der Waals surface area contributed by atoms with Crippen molar-refractivity contribution in [3.05, 3.63) is 66.2 Å². The molecule has 2 aromatic carbocycles. The number of hydrogen-bond donors (Lipinski definition) is 0. The van der Waals surface area contributed by atoms with Crippen molar-refractivity contribution in [2.45, 2.75) is 13.1 Å². The van der Waals surface area contributed by atoms with Gasteiger partial charge in [0.05, 0.1) is 18.5 Å². The molecule has 0 aliphatic carbocycles. The second-order valence-electron chi connectivity index (χ2n) is 4.94. The van der Waals surface area contributed by atoms with Crippen molar-refractivity contribution >= 4 is 23.6 Å². The molecule has 0 N–H and O–H groups in total. The third kappa shape index (κ3) is 3.29. The maximum absolute atomic E-state index is 12.2. The van der Waals surface area contributed by atoms with Gasteiger partial charge in [-0.2, -0.15) is 5.10 Å². The molecule has 1 aliphatic rings. The van der Waals surface area contributed by atoms with Crippen molar-refractivity contribution in [2.75, 3.05) is 11.6 Å². The lowest BCUT2D eigenvalue weighted by molar-refractivity contribution is -0.144. The zero-order valence-electron chi connectivity index (χ0n) is 12.8. The van der Waals surface area contributed by atoms with E-state index in [-0.39, 0.29) is 0 Å². The Morgan fingerprint density at radius 3 is 2.39 bits per heavy atom. The van der Waals surface area contributed by atoms with Gasteiger partial charge in [-0.15, -0.1) is 0 Å². The number of rotatable bonds is 4. The van der Waals surface area contributed by atoms with E-state index in [9.17, 15) is 4.79 Å². The summed E-state index contributed by atoms with van der Waals surface area (Å²) in [6.07, 6.45) is 0.820. The minimum atomic E-state index is -0.801. The molecule has 1 atom stereocenters. The Kier molecular flexibility index (Phi) is 4.47. The molecule has 0 spiro atoms. The highest BCUT2D eigenvalue weighted by Crippen LogP contribution is 2.21. The number of aliphatic imine (C=N–C) groups is 1. The summed E-state index contributed by atoms with van der Waals surface area (Å²) in [6.45, 7) is 2.08. The smallest absolute Gasteiger partial charge is 0.353 e. The van der Waals surface area contributed by atoms with E-state index in [1.807, 2.05) is 60.7 Å². The van der Waals surface area contributed by atoms with E-state index < -0.39 is 12.1 Å². The van der Waals surface area contributed by atoms with Crippen LogP contribution in [0.3, 0.4) is 0 Å². The van der Waals surface area contributed by atoms with Crippen molar-refractivity contribution in [3.63, 3.8) is 0 Å². The van der Waals surface area contributed by atoms with Crippen LogP contribution in [0.1, 0.15) is 12.5 Å². The van der Waals surface area contributed by atoms with Crippen LogP contribution < -0.4 is 5.01 Å². The van der Waals surface area contributed by atoms with Gasteiger partial charge in [-0.05, 0) is 19.1 Å². The predicted molar refractivity (Wildman–Crippen MR) is 90.8 cm³/mol. The Balaban J connectivity index is 1.98. The van der Waals surface area contributed by atoms with Gasteiger partial charge in [0.15, 0.2) is 0 Å². The van der Waals surface area contributed by atoms with Gasteiger partial charge in [0.2, 0.25) is 6.17 Å². The first-order valence-electron chi connectivity index (χ1n) is 7.47. The summed E-state index contributed by atoms with van der Waals surface area (Å²) in [5, 5.41) is 6.20. The van der Waals surface area contributed by atoms with Crippen LogP contribution in [0, 0.1) is 0 Å². The van der Waals surface area contributed by atoms with Gasteiger partial charge in [0.25, 0.3) is 0 Å². The van der Waals surface area contributed by atoms with E-state index in [1.54, 1.807) is 18.1 Å². The van der Waals surface area contributed by atoms with Crippen LogP contribution in [-0.2, 0) is 9.53 Å². The molecular formula is C18H17N3O2. The van der Waals surface area contributed by atoms with Gasteiger partial charge in [0.1, 0.15) is 5.71 Å². The minimum absolute atomic E-state index is 0.308. The zero-order chi connectivity index (χ0) is 16.1. The summed E-state index contributed by atoms with van der Waals surface area (Å²) in [5.41, 5.74) is 2.44. The first-order valence-corrected chi connectivity index (χ1v) is 7.47. The Hall–Kier alpha value is -2.95. The van der Waals surface area contributed by atoms with Crippen LogP contribution in [0.2, 0.25) is 0 Å². The summed E-state index contributed by atoms with van der Waals surface area (Å²) in [5.74, 6) is -0.413. The Labute approximate surface area is 134 Å². The van der Waals surface area contributed by atoms with E-state index in [0.717, 1.165) is 11.3 Å². The average molecular weight is 307 g/mol. The number of ether oxygens (including phenoxy) is 1. The summed E-state index contributed by atoms with van der Waals surface area (Å²) >= 11 is 0. The number of hydrazone groups is 1. The summed E-state index contributed by atoms with van der Waals surface area (Å²) in [4.78, 5) is 16.5. The van der Waals surface area contributed by atoms with Crippen molar-refractivity contribution < 1.29 is 9.53 Å². The number of benzene rings is 2. The molecule has 3 rings (SSSR count). The molecule has 2 aromatic rings. The molecule has 116 valence electrons. The molecule has 1 unspecified atom stereocenters. The summed E-state index contributed by atoms with van der Waals surface area (Å²) in [6, 6.07) is 19.2. The van der Waals surface area contributed by atoms with Crippen LogP contribution in [0.25, 0.3) is 0 Å². The number of para-hydroxylation sites is 1. The standard InChI is InChI=1S/C18H17N3O2/c1-2-23-18(22)17-19-13-16(14-9-5-3-6-10-14)20-21(17)15-11-7-4-8-12-15/h3-13,17H,2H2,1H3. The SMILES string of the molecule is CCOC(=O)C1N=CC(c2ccccc2)=NN1c1ccccc1. The lowest BCUT2D eigenvalue weighted by Crippen LogP contribution is -2.41. The molecule has 5 nitrogen and oxygen atoms in total. The van der Waals surface area contributed by atoms with Crippen molar-refractivity contribution in [1.82, 2.24) is 0 Å². The highest BCUT2D eigenvalue weighted by Gasteiger charge is 2.29. The Morgan fingerprint density at radius 2 is 1.74 bits per heavy atom. The predicted octanol–water partition coefficient (Wildman–Crippen LogP) is 2.87. The van der Waals surface area contributed by atoms with Crippen molar-refractivity contribution in [1.29, 1.82) is 0 Å². The monoisotopic (exact) mass is 307 g/mol. The molecule has 1 aliphatic heterocycles. The van der Waals surface area contributed by atoms with Crippen LogP contribution in [0.15, 0.2) is 70.8 Å². The minimum Gasteiger partial charge on any atom is -0.463 e. The second kappa shape index (κ2) is 6.87. The van der Waals surface area contributed by atoms with Gasteiger partial charge < -0.3 is 4.74 Å². The fraction of sp³-hybridized carbons (Fsp3) is 0.167. The van der Waals surface area contributed by atoms with Gasteiger partial charge in [-0.1, -0.05) is 48.5 Å². The first kappa shape index (κ1) is 15.0. The van der Waals surface area contributed by atoms with Crippen molar-refractivity contribution in [2.24, 2.45) is 10.1 Å². The second-order valence-corrected chi connectivity index (χ2v) is 4.94. The van der Waals surface area contributed by atoms with Crippen molar-refractivity contribution in [3.8, 4) is 0 Å². The molecule has 0 aromatic heterocycles. The quantitative estimate of drug-likeness (QED) is 0.816. The maximum Gasteiger partial charge on any atom is 0.353 e. The van der Waals surface area contributed by atoms with Gasteiger partial charge >= 0.3 is 5.97 Å². The fourth-order valence-electron chi connectivity index (χ4n) is 2.30. The van der Waals surface area contributed by atoms with Gasteiger partial charge in [-0.3, -0.25) is 4.99 Å². The molecule has 5 heteroatoms. The highest BCUT2D eigenvalue weighted by atomic mass is 16.5. The van der Waals surface area contributed by atoms with E-state index in [2.05, 4.69) is 10.1 Å². The van der Waals surface area contributed by atoms with Crippen LogP contribution >= 0.6 is 0 Å². The van der Waals surface area contributed by atoms with Crippen LogP contribution in [-0.4, -0.2) is 30.7 Å². The highest BCUT2D eigenvalue weighted by molar-refractivity contribution is 6.39. The fourth-order valence-corrected chi connectivity index (χ4v) is 2.30. The Bertz CT molecular complexity index is 726. The number of hydrogen-bond acceptors (Lipinski definition) is 5. The topological polar surface area (TPSA) is 54.3 Å². The van der Waals surface area contributed by atoms with E-state index in [0.29, 0.717) is 12.3 Å². The molecular weight excluding hydrogens is 290 g/mol. The zero-order valence-corrected chi connectivity index (χ0v) is 12.8. The Morgan fingerprint density at radius 1 is 1.09 bits per heavy atom. The molecule has 0 saturated carbocycles. The molecule has 1 heterocycles. The third-order valence-corrected chi connectivity index (χ3v) is 3.37. The van der Waals surface area contributed by atoms with Crippen LogP contribution in [0.5, 0.6) is 0 Å². The lowest BCUT2D eigenvalue weighted by atomic mass is 10.1. The number of carbonyl (C=O) groups excluding carboxylic acids is 1. The van der Waals surface area contributed by atoms with E-state index in [4.69, 9.17) is 4.74 Å². The van der Waals surface area contributed by atoms with Gasteiger partial charge in [-0.25, -0.2) is 9.80 Å². The van der Waals surface area contributed by atoms with E-state index >= 15 is 0 Å². The number of carbonyl (C=O) groups is 1. The van der Waals surface area contributed by atoms with Gasteiger partial charge in [0, 0.05) is 5.56 Å². The number of esters is 1. The number of anilines is 1. The molecule has 23 heavy (non-hydrogen) atoms. The number of nitrogens with zero attached hydrogens (tertiary/aromatic N) is 3. The average Bonchev–Trinajstić information content (AvgIpc) is 2.63. The molecule has 0 amide bonds. The largest absolute Gasteiger partial charge is 0.463 e. The normalized spacial score (nSPS) is 16.8. The molecule has 0 fully saturated rings. The first-order chi connectivity index (χ1) is 11.3. The van der Waals surface area contributed by atoms with E-state index in [1.165, 1.54) is 0 Å². The maximum atomic E-state index is 12.2. The molecule has 0 radical (unpaired) electrons. The van der Waals surface area contributed by atoms with Crippen LogP contribution in [0.4, 0.5) is 5.69 Å². The molecule has 0 bridgehead atoms. The summed E-state index contributed by atoms with van der Waals surface area (Å²) in [7, 11) is 0. The summed E-state index contributed by atoms with van der Waals surface area (Å²) < 4.78 is 5.11.